The van der Waals surface area contributed by atoms with Crippen LogP contribution in [0.2, 0.25) is 0 Å². The van der Waals surface area contributed by atoms with E-state index >= 15 is 0 Å². The van der Waals surface area contributed by atoms with Gasteiger partial charge in [-0.05, 0) is 87.6 Å². The van der Waals surface area contributed by atoms with Crippen molar-refractivity contribution in [2.75, 3.05) is 6.61 Å². The summed E-state index contributed by atoms with van der Waals surface area (Å²) in [5.41, 5.74) is 5.82. The topological polar surface area (TPSA) is 55.3 Å². The first-order valence-electron chi connectivity index (χ1n) is 10.8. The Morgan fingerprint density at radius 1 is 1.03 bits per heavy atom. The maximum atomic E-state index is 13.2. The first-order valence-corrected chi connectivity index (χ1v) is 10.8. The summed E-state index contributed by atoms with van der Waals surface area (Å²) in [6, 6.07) is 6.28. The van der Waals surface area contributed by atoms with Crippen molar-refractivity contribution in [3.63, 3.8) is 0 Å². The Morgan fingerprint density at radius 3 is 2.52 bits per heavy atom. The number of carbonyl (C=O) groups excluding carboxylic acids is 1. The Morgan fingerprint density at radius 2 is 1.79 bits per heavy atom. The molecule has 1 aliphatic carbocycles. The van der Waals surface area contributed by atoms with Gasteiger partial charge in [-0.2, -0.15) is 0 Å². The maximum Gasteiger partial charge on any atom is 0.249 e. The molecule has 0 bridgehead atoms. The molecule has 0 aromatic carbocycles. The van der Waals surface area contributed by atoms with Crippen LogP contribution in [0.4, 0.5) is 0 Å². The van der Waals surface area contributed by atoms with Gasteiger partial charge in [0, 0.05) is 36.1 Å². The number of carbonyl (C=O) groups is 1. The fourth-order valence-electron chi connectivity index (χ4n) is 4.67. The Balaban J connectivity index is 1.36. The second-order valence-electron chi connectivity index (χ2n) is 8.71. The molecule has 29 heavy (non-hydrogen) atoms. The minimum absolute atomic E-state index is 0.00392. The number of amides is 1. The van der Waals surface area contributed by atoms with Crippen LogP contribution < -0.4 is 0 Å². The monoisotopic (exact) mass is 393 g/mol. The van der Waals surface area contributed by atoms with Crippen LogP contribution in [0.3, 0.4) is 0 Å². The van der Waals surface area contributed by atoms with E-state index in [1.807, 2.05) is 25.4 Å². The van der Waals surface area contributed by atoms with Crippen molar-refractivity contribution in [1.82, 2.24) is 15.0 Å². The van der Waals surface area contributed by atoms with Gasteiger partial charge in [-0.15, -0.1) is 0 Å². The molecule has 0 spiro atoms. The molecule has 0 N–H and O–H groups in total. The second kappa shape index (κ2) is 8.62. The highest BCUT2D eigenvalue weighted by atomic mass is 16.7. The molecule has 5 heteroatoms. The van der Waals surface area contributed by atoms with E-state index in [2.05, 4.69) is 35.9 Å². The molecular weight excluding hydrogens is 362 g/mol. The molecule has 154 valence electrons. The van der Waals surface area contributed by atoms with Gasteiger partial charge in [0.2, 0.25) is 5.91 Å². The van der Waals surface area contributed by atoms with Gasteiger partial charge in [0.05, 0.1) is 12.6 Å². The maximum absolute atomic E-state index is 13.2. The number of pyridine rings is 2. The van der Waals surface area contributed by atoms with Crippen molar-refractivity contribution in [2.24, 2.45) is 11.8 Å². The second-order valence-corrected chi connectivity index (χ2v) is 8.71. The van der Waals surface area contributed by atoms with Gasteiger partial charge >= 0.3 is 0 Å². The third kappa shape index (κ3) is 4.50. The average molecular weight is 394 g/mol. The van der Waals surface area contributed by atoms with Crippen LogP contribution in [0.15, 0.2) is 30.6 Å². The standard InChI is InChI=1S/C24H31N3O2/c1-16-14-25-18(3)12-22(16)13-19-5-8-20(9-6-19)24(28)27-23(10-11-29-27)21-7-4-17(2)26-15-21/h4,7,12,14-15,19-20,23H,5-6,8-11,13H2,1-3H3/t19-,20-,23-/m0/s1. The number of nitrogens with zero attached hydrogens (tertiary/aromatic N) is 3. The molecule has 1 saturated carbocycles. The van der Waals surface area contributed by atoms with E-state index in [1.54, 1.807) is 5.06 Å². The summed E-state index contributed by atoms with van der Waals surface area (Å²) in [4.78, 5) is 27.7. The fraction of sp³-hybridized carbons (Fsp3) is 0.542. The Kier molecular flexibility index (Phi) is 5.95. The lowest BCUT2D eigenvalue weighted by Gasteiger charge is -2.32. The lowest BCUT2D eigenvalue weighted by atomic mass is 9.78. The molecule has 1 amide bonds. The van der Waals surface area contributed by atoms with Crippen molar-refractivity contribution in [3.05, 3.63) is 58.7 Å². The van der Waals surface area contributed by atoms with Crippen molar-refractivity contribution in [2.45, 2.75) is 65.3 Å². The molecule has 5 nitrogen and oxygen atoms in total. The first-order chi connectivity index (χ1) is 14.0. The highest BCUT2D eigenvalue weighted by molar-refractivity contribution is 5.78. The Hall–Kier alpha value is -2.27. The molecule has 0 unspecified atom stereocenters. The van der Waals surface area contributed by atoms with Gasteiger partial charge < -0.3 is 0 Å². The minimum Gasteiger partial charge on any atom is -0.272 e. The van der Waals surface area contributed by atoms with Gasteiger partial charge in [-0.1, -0.05) is 6.07 Å². The normalized spacial score (nSPS) is 24.7. The Bertz CT molecular complexity index is 857. The van der Waals surface area contributed by atoms with Crippen molar-refractivity contribution in [3.8, 4) is 0 Å². The predicted molar refractivity (Wildman–Crippen MR) is 112 cm³/mol. The quantitative estimate of drug-likeness (QED) is 0.758. The van der Waals surface area contributed by atoms with Crippen molar-refractivity contribution in [1.29, 1.82) is 0 Å². The van der Waals surface area contributed by atoms with Crippen LogP contribution in [-0.2, 0) is 16.1 Å². The molecule has 0 radical (unpaired) electrons. The van der Waals surface area contributed by atoms with Gasteiger partial charge in [0.1, 0.15) is 0 Å². The highest BCUT2D eigenvalue weighted by Gasteiger charge is 2.37. The molecule has 2 aromatic heterocycles. The predicted octanol–water partition coefficient (Wildman–Crippen LogP) is 4.66. The third-order valence-electron chi connectivity index (χ3n) is 6.50. The summed E-state index contributed by atoms with van der Waals surface area (Å²) >= 11 is 0. The van der Waals surface area contributed by atoms with E-state index in [0.717, 1.165) is 55.5 Å². The molecule has 2 aliphatic rings. The molecule has 1 atom stereocenters. The van der Waals surface area contributed by atoms with Gasteiger partial charge in [0.15, 0.2) is 0 Å². The van der Waals surface area contributed by atoms with Crippen LogP contribution in [-0.4, -0.2) is 27.5 Å². The van der Waals surface area contributed by atoms with E-state index in [0.29, 0.717) is 12.5 Å². The third-order valence-corrected chi connectivity index (χ3v) is 6.50. The summed E-state index contributed by atoms with van der Waals surface area (Å²) in [5.74, 6) is 0.879. The van der Waals surface area contributed by atoms with Crippen molar-refractivity contribution < 1.29 is 9.63 Å². The molecule has 2 fully saturated rings. The van der Waals surface area contributed by atoms with Crippen LogP contribution in [0.5, 0.6) is 0 Å². The van der Waals surface area contributed by atoms with Crippen LogP contribution >= 0.6 is 0 Å². The minimum atomic E-state index is -0.00392. The molecule has 1 aliphatic heterocycles. The van der Waals surface area contributed by atoms with E-state index < -0.39 is 0 Å². The largest absolute Gasteiger partial charge is 0.272 e. The molecule has 3 heterocycles. The van der Waals surface area contributed by atoms with E-state index in [4.69, 9.17) is 4.84 Å². The number of hydrogen-bond donors (Lipinski definition) is 0. The summed E-state index contributed by atoms with van der Waals surface area (Å²) in [6.07, 6.45) is 9.89. The zero-order valence-corrected chi connectivity index (χ0v) is 17.7. The number of aryl methyl sites for hydroxylation is 3. The summed E-state index contributed by atoms with van der Waals surface area (Å²) in [5, 5.41) is 1.65. The fourth-order valence-corrected chi connectivity index (χ4v) is 4.67. The number of hydroxylamine groups is 2. The van der Waals surface area contributed by atoms with Crippen molar-refractivity contribution >= 4 is 5.91 Å². The molecule has 2 aromatic rings. The van der Waals surface area contributed by atoms with Crippen LogP contribution in [0.25, 0.3) is 0 Å². The summed E-state index contributed by atoms with van der Waals surface area (Å²) in [7, 11) is 0. The van der Waals surface area contributed by atoms with Crippen LogP contribution in [0.1, 0.15) is 66.2 Å². The highest BCUT2D eigenvalue weighted by Crippen LogP contribution is 2.37. The van der Waals surface area contributed by atoms with Gasteiger partial charge in [-0.25, -0.2) is 5.06 Å². The number of rotatable bonds is 4. The number of aromatic nitrogens is 2. The zero-order chi connectivity index (χ0) is 20.4. The average Bonchev–Trinajstić information content (AvgIpc) is 3.21. The molecule has 1 saturated heterocycles. The van der Waals surface area contributed by atoms with E-state index in [-0.39, 0.29) is 17.9 Å². The van der Waals surface area contributed by atoms with Crippen LogP contribution in [0, 0.1) is 32.6 Å². The summed E-state index contributed by atoms with van der Waals surface area (Å²) < 4.78 is 0. The van der Waals surface area contributed by atoms with Gasteiger partial charge in [0.25, 0.3) is 0 Å². The van der Waals surface area contributed by atoms with E-state index in [9.17, 15) is 4.79 Å². The zero-order valence-electron chi connectivity index (χ0n) is 17.7. The SMILES string of the molecule is Cc1ccc([C@@H]2CCON2C(=O)[C@H]2CC[C@H](Cc3cc(C)ncc3C)CC2)cn1. The smallest absolute Gasteiger partial charge is 0.249 e. The number of hydrogen-bond acceptors (Lipinski definition) is 4. The first kappa shape index (κ1) is 20.0. The Labute approximate surface area is 173 Å². The summed E-state index contributed by atoms with van der Waals surface area (Å²) in [6.45, 7) is 6.77. The lowest BCUT2D eigenvalue weighted by molar-refractivity contribution is -0.183. The van der Waals surface area contributed by atoms with E-state index in [1.165, 1.54) is 11.1 Å². The lowest BCUT2D eigenvalue weighted by Crippen LogP contribution is -2.36. The van der Waals surface area contributed by atoms with Gasteiger partial charge in [-0.3, -0.25) is 19.6 Å². The molecule has 4 rings (SSSR count). The molecular formula is C24H31N3O2.